The summed E-state index contributed by atoms with van der Waals surface area (Å²) in [5.74, 6) is 0. The van der Waals surface area contributed by atoms with Gasteiger partial charge in [-0.3, -0.25) is 4.98 Å². The maximum Gasteiger partial charge on any atom is 0.407 e. The Bertz CT molecular complexity index is 913. The average Bonchev–Trinajstić information content (AvgIpc) is 2.66. The van der Waals surface area contributed by atoms with Gasteiger partial charge in [0.1, 0.15) is 11.8 Å². The summed E-state index contributed by atoms with van der Waals surface area (Å²) in [6.45, 7) is 0.770. The van der Waals surface area contributed by atoms with E-state index in [-0.39, 0.29) is 6.61 Å². The number of fused-ring (bicyclic) bond motifs is 1. The lowest BCUT2D eigenvalue weighted by Gasteiger charge is -2.05. The number of aromatic nitrogens is 2. The van der Waals surface area contributed by atoms with Gasteiger partial charge in [-0.25, -0.2) is 9.78 Å². The van der Waals surface area contributed by atoms with Crippen molar-refractivity contribution in [2.24, 2.45) is 0 Å². The lowest BCUT2D eigenvalue weighted by molar-refractivity contribution is 0.140. The summed E-state index contributed by atoms with van der Waals surface area (Å²) in [4.78, 5) is 20.1. The molecular formula is C20H18ClN3O2. The SMILES string of the molecule is O=C(NCCC=Cc1ccc2ncc(Cl)nc2c1)OCc1ccccc1. The number of hydrogen-bond donors (Lipinski definition) is 1. The smallest absolute Gasteiger partial charge is 0.407 e. The minimum absolute atomic E-state index is 0.267. The van der Waals surface area contributed by atoms with Gasteiger partial charge in [-0.05, 0) is 29.7 Å². The third-order valence-corrected chi connectivity index (χ3v) is 3.82. The van der Waals surface area contributed by atoms with E-state index in [1.54, 1.807) is 0 Å². The van der Waals surface area contributed by atoms with E-state index in [4.69, 9.17) is 16.3 Å². The summed E-state index contributed by atoms with van der Waals surface area (Å²) in [7, 11) is 0. The van der Waals surface area contributed by atoms with Crippen LogP contribution in [0.1, 0.15) is 17.5 Å². The van der Waals surface area contributed by atoms with E-state index in [1.807, 2.05) is 60.7 Å². The standard InChI is InChI=1S/C20H18ClN3O2/c21-19-13-23-17-10-9-15(12-18(17)24-19)6-4-5-11-22-20(25)26-14-16-7-2-1-3-8-16/h1-4,6-10,12-13H,5,11,14H2,(H,22,25). The second-order valence-corrected chi connectivity index (χ2v) is 6.01. The Hall–Kier alpha value is -2.92. The molecule has 0 saturated carbocycles. The number of amides is 1. The maximum absolute atomic E-state index is 11.6. The van der Waals surface area contributed by atoms with Gasteiger partial charge in [0.05, 0.1) is 17.2 Å². The van der Waals surface area contributed by atoms with Gasteiger partial charge in [0.15, 0.2) is 0 Å². The van der Waals surface area contributed by atoms with Crippen LogP contribution in [-0.2, 0) is 11.3 Å². The van der Waals surface area contributed by atoms with Gasteiger partial charge < -0.3 is 10.1 Å². The van der Waals surface area contributed by atoms with E-state index in [0.717, 1.165) is 22.2 Å². The number of carbonyl (C=O) groups excluding carboxylic acids is 1. The Morgan fingerprint density at radius 1 is 1.15 bits per heavy atom. The van der Waals surface area contributed by atoms with Gasteiger partial charge in [-0.15, -0.1) is 0 Å². The Labute approximate surface area is 156 Å². The first-order valence-electron chi connectivity index (χ1n) is 8.24. The molecule has 0 fully saturated rings. The first-order chi connectivity index (χ1) is 12.7. The minimum atomic E-state index is -0.419. The van der Waals surface area contributed by atoms with E-state index in [9.17, 15) is 4.79 Å². The number of ether oxygens (including phenoxy) is 1. The summed E-state index contributed by atoms with van der Waals surface area (Å²) in [5.41, 5.74) is 3.51. The third-order valence-electron chi connectivity index (χ3n) is 3.64. The van der Waals surface area contributed by atoms with Gasteiger partial charge in [-0.1, -0.05) is 60.2 Å². The zero-order valence-corrected chi connectivity index (χ0v) is 14.8. The molecule has 0 atom stereocenters. The highest BCUT2D eigenvalue weighted by atomic mass is 35.5. The third kappa shape index (κ3) is 5.29. The van der Waals surface area contributed by atoms with E-state index in [1.165, 1.54) is 6.20 Å². The fraction of sp³-hybridized carbons (Fsp3) is 0.150. The molecule has 3 rings (SSSR count). The highest BCUT2D eigenvalue weighted by Crippen LogP contribution is 2.15. The van der Waals surface area contributed by atoms with E-state index >= 15 is 0 Å². The predicted octanol–water partition coefficient (Wildman–Crippen LogP) is 4.61. The molecule has 0 radical (unpaired) electrons. The van der Waals surface area contributed by atoms with Crippen LogP contribution >= 0.6 is 11.6 Å². The van der Waals surface area contributed by atoms with Crippen molar-refractivity contribution in [2.45, 2.75) is 13.0 Å². The second kappa shape index (κ2) is 8.97. The molecule has 132 valence electrons. The highest BCUT2D eigenvalue weighted by molar-refractivity contribution is 6.29. The van der Waals surface area contributed by atoms with Crippen molar-refractivity contribution >= 4 is 34.8 Å². The Balaban J connectivity index is 1.42. The quantitative estimate of drug-likeness (QED) is 0.646. The van der Waals surface area contributed by atoms with Crippen LogP contribution in [0.15, 0.2) is 60.8 Å². The average molecular weight is 368 g/mol. The normalized spacial score (nSPS) is 11.0. The van der Waals surface area contributed by atoms with Crippen molar-refractivity contribution in [1.82, 2.24) is 15.3 Å². The monoisotopic (exact) mass is 367 g/mol. The second-order valence-electron chi connectivity index (χ2n) is 5.62. The van der Waals surface area contributed by atoms with Crippen LogP contribution in [-0.4, -0.2) is 22.6 Å². The molecule has 1 N–H and O–H groups in total. The molecule has 1 heterocycles. The number of rotatable bonds is 6. The Kier molecular flexibility index (Phi) is 6.17. The number of benzene rings is 2. The first-order valence-corrected chi connectivity index (χ1v) is 8.62. The topological polar surface area (TPSA) is 64.1 Å². The molecule has 0 aliphatic heterocycles. The molecule has 0 bridgehead atoms. The van der Waals surface area contributed by atoms with E-state index in [2.05, 4.69) is 15.3 Å². The Morgan fingerprint density at radius 3 is 2.85 bits per heavy atom. The van der Waals surface area contributed by atoms with Gasteiger partial charge >= 0.3 is 6.09 Å². The molecule has 0 aliphatic rings. The largest absolute Gasteiger partial charge is 0.445 e. The van der Waals surface area contributed by atoms with Gasteiger partial charge in [0.25, 0.3) is 0 Å². The van der Waals surface area contributed by atoms with Crippen molar-refractivity contribution < 1.29 is 9.53 Å². The predicted molar refractivity (Wildman–Crippen MR) is 103 cm³/mol. The fourth-order valence-electron chi connectivity index (χ4n) is 2.36. The van der Waals surface area contributed by atoms with Crippen LogP contribution < -0.4 is 5.32 Å². The number of nitrogens with zero attached hydrogens (tertiary/aromatic N) is 2. The molecule has 3 aromatic rings. The molecule has 5 nitrogen and oxygen atoms in total. The molecule has 0 spiro atoms. The number of nitrogens with one attached hydrogen (secondary N) is 1. The van der Waals surface area contributed by atoms with Crippen molar-refractivity contribution in [3.05, 3.63) is 77.1 Å². The number of hydrogen-bond acceptors (Lipinski definition) is 4. The molecule has 26 heavy (non-hydrogen) atoms. The molecule has 0 unspecified atom stereocenters. The molecule has 1 aromatic heterocycles. The van der Waals surface area contributed by atoms with Crippen molar-refractivity contribution in [2.75, 3.05) is 6.54 Å². The molecule has 0 saturated heterocycles. The summed E-state index contributed by atoms with van der Waals surface area (Å²) in [6, 6.07) is 15.4. The van der Waals surface area contributed by atoms with Crippen LogP contribution in [0.2, 0.25) is 5.15 Å². The van der Waals surface area contributed by atoms with Crippen LogP contribution in [0, 0.1) is 0 Å². The van der Waals surface area contributed by atoms with Gasteiger partial charge in [-0.2, -0.15) is 0 Å². The maximum atomic E-state index is 11.6. The number of alkyl carbamates (subject to hydrolysis) is 1. The molecule has 2 aromatic carbocycles. The van der Waals surface area contributed by atoms with Gasteiger partial charge in [0.2, 0.25) is 0 Å². The van der Waals surface area contributed by atoms with E-state index in [0.29, 0.717) is 18.1 Å². The van der Waals surface area contributed by atoms with Crippen molar-refractivity contribution in [3.63, 3.8) is 0 Å². The molecule has 6 heteroatoms. The lowest BCUT2D eigenvalue weighted by atomic mass is 10.1. The zero-order valence-electron chi connectivity index (χ0n) is 14.1. The number of carbonyl (C=O) groups is 1. The van der Waals surface area contributed by atoms with Crippen LogP contribution in [0.25, 0.3) is 17.1 Å². The lowest BCUT2D eigenvalue weighted by Crippen LogP contribution is -2.24. The Morgan fingerprint density at radius 2 is 2.00 bits per heavy atom. The van der Waals surface area contributed by atoms with Gasteiger partial charge in [0, 0.05) is 6.54 Å². The van der Waals surface area contributed by atoms with Crippen molar-refractivity contribution in [3.8, 4) is 0 Å². The molecular weight excluding hydrogens is 350 g/mol. The van der Waals surface area contributed by atoms with Crippen molar-refractivity contribution in [1.29, 1.82) is 0 Å². The number of halogens is 1. The summed E-state index contributed by atoms with van der Waals surface area (Å²) < 4.78 is 5.15. The first kappa shape index (κ1) is 17.9. The molecule has 0 aliphatic carbocycles. The van der Waals surface area contributed by atoms with Crippen LogP contribution in [0.4, 0.5) is 4.79 Å². The summed E-state index contributed by atoms with van der Waals surface area (Å²) in [5, 5.41) is 3.10. The fourth-order valence-corrected chi connectivity index (χ4v) is 2.50. The summed E-state index contributed by atoms with van der Waals surface area (Å²) in [6.07, 6.45) is 5.76. The van der Waals surface area contributed by atoms with E-state index < -0.39 is 6.09 Å². The van der Waals surface area contributed by atoms with Crippen LogP contribution in [0.5, 0.6) is 0 Å². The zero-order chi connectivity index (χ0) is 18.2. The molecule has 1 amide bonds. The minimum Gasteiger partial charge on any atom is -0.445 e. The van der Waals surface area contributed by atoms with Crippen LogP contribution in [0.3, 0.4) is 0 Å². The highest BCUT2D eigenvalue weighted by Gasteiger charge is 2.01. The summed E-state index contributed by atoms with van der Waals surface area (Å²) >= 11 is 5.87.